The standard InChI is InChI=1S/C28H35F3N2O3/c1-3-6-19-9-12-24(25(15-19)28(29,30)31)21-8-4-7-20-10-11-23(17-22(20)16-21)35-13-5-14-36-26(34)27(2,33)18-32/h9-12,15-17H,3-8,13-14,18,32-33H2,1-2H3. The van der Waals surface area contributed by atoms with Crippen LogP contribution in [0, 0.1) is 0 Å². The summed E-state index contributed by atoms with van der Waals surface area (Å²) in [6.45, 7) is 3.91. The molecule has 36 heavy (non-hydrogen) atoms. The average Bonchev–Trinajstić information content (AvgIpc) is 3.05. The molecule has 8 heteroatoms. The summed E-state index contributed by atoms with van der Waals surface area (Å²) in [6.07, 6.45) is 1.41. The van der Waals surface area contributed by atoms with Crippen LogP contribution in [0.1, 0.15) is 67.3 Å². The molecule has 1 atom stereocenters. The molecule has 0 amide bonds. The van der Waals surface area contributed by atoms with Crippen molar-refractivity contribution in [1.29, 1.82) is 0 Å². The molecule has 0 aliphatic heterocycles. The molecule has 0 bridgehead atoms. The number of alkyl halides is 3. The van der Waals surface area contributed by atoms with Crippen molar-refractivity contribution in [2.75, 3.05) is 19.8 Å². The zero-order chi connectivity index (χ0) is 26.3. The fraction of sp³-hybridized carbons (Fsp3) is 0.464. The number of benzene rings is 2. The van der Waals surface area contributed by atoms with Crippen molar-refractivity contribution >= 4 is 17.6 Å². The van der Waals surface area contributed by atoms with Crippen LogP contribution in [0.4, 0.5) is 13.2 Å². The Bertz CT molecular complexity index is 1090. The summed E-state index contributed by atoms with van der Waals surface area (Å²) >= 11 is 0. The lowest BCUT2D eigenvalue weighted by Crippen LogP contribution is -2.52. The number of aryl methyl sites for hydroxylation is 2. The van der Waals surface area contributed by atoms with E-state index in [0.29, 0.717) is 42.8 Å². The number of hydrogen-bond donors (Lipinski definition) is 2. The van der Waals surface area contributed by atoms with E-state index in [1.165, 1.54) is 13.0 Å². The molecule has 5 nitrogen and oxygen atoms in total. The average molecular weight is 505 g/mol. The minimum atomic E-state index is -4.42. The van der Waals surface area contributed by atoms with Crippen molar-refractivity contribution in [3.05, 3.63) is 64.2 Å². The van der Waals surface area contributed by atoms with E-state index in [4.69, 9.17) is 20.9 Å². The lowest BCUT2D eigenvalue weighted by Gasteiger charge is -2.20. The van der Waals surface area contributed by atoms with Crippen LogP contribution in [0.3, 0.4) is 0 Å². The first kappa shape index (κ1) is 27.7. The molecule has 4 N–H and O–H groups in total. The number of hydrogen-bond acceptors (Lipinski definition) is 5. The lowest BCUT2D eigenvalue weighted by molar-refractivity contribution is -0.149. The Morgan fingerprint density at radius 2 is 1.86 bits per heavy atom. The van der Waals surface area contributed by atoms with E-state index in [1.807, 2.05) is 31.2 Å². The van der Waals surface area contributed by atoms with E-state index in [9.17, 15) is 18.0 Å². The summed E-state index contributed by atoms with van der Waals surface area (Å²) in [5.41, 5.74) is 13.0. The summed E-state index contributed by atoms with van der Waals surface area (Å²) in [4.78, 5) is 11.9. The van der Waals surface area contributed by atoms with Gasteiger partial charge < -0.3 is 20.9 Å². The van der Waals surface area contributed by atoms with Gasteiger partial charge in [0.2, 0.25) is 0 Å². The van der Waals surface area contributed by atoms with Crippen molar-refractivity contribution in [3.8, 4) is 5.75 Å². The molecule has 1 aliphatic carbocycles. The van der Waals surface area contributed by atoms with E-state index >= 15 is 0 Å². The molecule has 0 spiro atoms. The maximum Gasteiger partial charge on any atom is 0.417 e. The largest absolute Gasteiger partial charge is 0.493 e. The lowest BCUT2D eigenvalue weighted by atomic mass is 9.93. The second kappa shape index (κ2) is 11.9. The number of esters is 1. The van der Waals surface area contributed by atoms with Gasteiger partial charge in [-0.2, -0.15) is 13.2 Å². The van der Waals surface area contributed by atoms with E-state index in [-0.39, 0.29) is 18.7 Å². The van der Waals surface area contributed by atoms with E-state index < -0.39 is 23.2 Å². The predicted molar refractivity (Wildman–Crippen MR) is 135 cm³/mol. The molecule has 0 heterocycles. The van der Waals surface area contributed by atoms with Crippen LogP contribution in [0.2, 0.25) is 0 Å². The topological polar surface area (TPSA) is 87.6 Å². The molecule has 0 radical (unpaired) electrons. The number of ether oxygens (including phenoxy) is 2. The third-order valence-electron chi connectivity index (χ3n) is 6.29. The molecule has 0 saturated carbocycles. The molecule has 0 saturated heterocycles. The highest BCUT2D eigenvalue weighted by Crippen LogP contribution is 2.39. The van der Waals surface area contributed by atoms with Crippen molar-refractivity contribution in [2.45, 2.75) is 64.1 Å². The Hall–Kier alpha value is -2.84. The fourth-order valence-electron chi connectivity index (χ4n) is 4.18. The number of allylic oxidation sites excluding steroid dienone is 1. The van der Waals surface area contributed by atoms with Gasteiger partial charge in [-0.25, -0.2) is 0 Å². The Kier molecular flexibility index (Phi) is 9.19. The molecular weight excluding hydrogens is 469 g/mol. The number of fused-ring (bicyclic) bond motifs is 1. The van der Waals surface area contributed by atoms with Crippen molar-refractivity contribution in [2.24, 2.45) is 11.5 Å². The van der Waals surface area contributed by atoms with Crippen molar-refractivity contribution in [3.63, 3.8) is 0 Å². The van der Waals surface area contributed by atoms with Gasteiger partial charge >= 0.3 is 12.1 Å². The molecule has 0 fully saturated rings. The Morgan fingerprint density at radius 3 is 2.56 bits per heavy atom. The van der Waals surface area contributed by atoms with Gasteiger partial charge in [0.1, 0.15) is 11.3 Å². The first-order valence-electron chi connectivity index (χ1n) is 12.4. The Labute approximate surface area is 210 Å². The fourth-order valence-corrected chi connectivity index (χ4v) is 4.18. The summed E-state index contributed by atoms with van der Waals surface area (Å²) in [5, 5.41) is 0. The zero-order valence-corrected chi connectivity index (χ0v) is 20.9. The highest BCUT2D eigenvalue weighted by molar-refractivity contribution is 5.85. The van der Waals surface area contributed by atoms with Gasteiger partial charge in [-0.15, -0.1) is 0 Å². The molecule has 2 aromatic carbocycles. The van der Waals surface area contributed by atoms with E-state index in [0.717, 1.165) is 30.4 Å². The summed E-state index contributed by atoms with van der Waals surface area (Å²) in [6, 6.07) is 10.4. The van der Waals surface area contributed by atoms with Crippen molar-refractivity contribution < 1.29 is 27.4 Å². The number of halogens is 3. The molecular formula is C28H35F3N2O3. The zero-order valence-electron chi connectivity index (χ0n) is 20.9. The molecule has 0 aromatic heterocycles. The third-order valence-corrected chi connectivity index (χ3v) is 6.29. The molecule has 1 unspecified atom stereocenters. The second-order valence-corrected chi connectivity index (χ2v) is 9.47. The van der Waals surface area contributed by atoms with E-state index in [1.54, 1.807) is 12.1 Å². The molecule has 1 aliphatic rings. The van der Waals surface area contributed by atoms with Gasteiger partial charge in [0.05, 0.1) is 18.8 Å². The first-order valence-corrected chi connectivity index (χ1v) is 12.4. The summed E-state index contributed by atoms with van der Waals surface area (Å²) in [5.74, 6) is 0.0474. The minimum Gasteiger partial charge on any atom is -0.493 e. The first-order chi connectivity index (χ1) is 17.0. The van der Waals surface area contributed by atoms with Crippen molar-refractivity contribution in [1.82, 2.24) is 0 Å². The van der Waals surface area contributed by atoms with Crippen LogP contribution in [0.25, 0.3) is 11.6 Å². The predicted octanol–water partition coefficient (Wildman–Crippen LogP) is 5.52. The Balaban J connectivity index is 1.74. The van der Waals surface area contributed by atoms with Crippen LogP contribution in [0.5, 0.6) is 5.75 Å². The maximum absolute atomic E-state index is 13.9. The van der Waals surface area contributed by atoms with Gasteiger partial charge in [-0.1, -0.05) is 37.6 Å². The quantitative estimate of drug-likeness (QED) is 0.329. The van der Waals surface area contributed by atoms with Gasteiger partial charge in [0.15, 0.2) is 0 Å². The number of nitrogens with two attached hydrogens (primary N) is 2. The SMILES string of the molecule is CCCc1ccc(C2=Cc3cc(OCCCOC(=O)C(C)(N)CN)ccc3CCC2)c(C(F)(F)F)c1. The van der Waals surface area contributed by atoms with Crippen LogP contribution >= 0.6 is 0 Å². The molecule has 2 aromatic rings. The molecule has 196 valence electrons. The minimum absolute atomic E-state index is 0.0136. The number of rotatable bonds is 10. The van der Waals surface area contributed by atoms with Crippen LogP contribution in [-0.4, -0.2) is 31.3 Å². The second-order valence-electron chi connectivity index (χ2n) is 9.47. The highest BCUT2D eigenvalue weighted by atomic mass is 19.4. The monoisotopic (exact) mass is 504 g/mol. The number of carbonyl (C=O) groups is 1. The normalized spacial score (nSPS) is 15.4. The van der Waals surface area contributed by atoms with Gasteiger partial charge in [0, 0.05) is 13.0 Å². The smallest absolute Gasteiger partial charge is 0.417 e. The van der Waals surface area contributed by atoms with Crippen LogP contribution in [-0.2, 0) is 28.5 Å². The van der Waals surface area contributed by atoms with Gasteiger partial charge in [0.25, 0.3) is 0 Å². The Morgan fingerprint density at radius 1 is 1.08 bits per heavy atom. The van der Waals surface area contributed by atoms with E-state index in [2.05, 4.69) is 0 Å². The summed E-state index contributed by atoms with van der Waals surface area (Å²) < 4.78 is 52.7. The number of carbonyl (C=O) groups excluding carboxylic acids is 1. The third kappa shape index (κ3) is 7.11. The summed E-state index contributed by atoms with van der Waals surface area (Å²) in [7, 11) is 0. The highest BCUT2D eigenvalue weighted by Gasteiger charge is 2.34. The van der Waals surface area contributed by atoms with Gasteiger partial charge in [-0.05, 0) is 78.6 Å². The van der Waals surface area contributed by atoms with Crippen LogP contribution < -0.4 is 16.2 Å². The van der Waals surface area contributed by atoms with Gasteiger partial charge in [-0.3, -0.25) is 4.79 Å². The maximum atomic E-state index is 13.9. The molecule has 3 rings (SSSR count). The van der Waals surface area contributed by atoms with Crippen LogP contribution in [0.15, 0.2) is 36.4 Å².